The summed E-state index contributed by atoms with van der Waals surface area (Å²) in [6.07, 6.45) is 1.48. The Morgan fingerprint density at radius 2 is 1.73 bits per heavy atom. The number of halogens is 1. The molecule has 3 rings (SSSR count). The van der Waals surface area contributed by atoms with Crippen LogP contribution < -0.4 is 14.5 Å². The lowest BCUT2D eigenvalue weighted by Gasteiger charge is -2.25. The van der Waals surface area contributed by atoms with E-state index in [-0.39, 0.29) is 10.6 Å². The molecule has 0 aliphatic heterocycles. The second kappa shape index (κ2) is 11.1. The van der Waals surface area contributed by atoms with Gasteiger partial charge in [0, 0.05) is 10.0 Å². The van der Waals surface area contributed by atoms with Gasteiger partial charge in [0.2, 0.25) is 0 Å². The number of hydrogen-bond acceptors (Lipinski definition) is 5. The van der Waals surface area contributed by atoms with Crippen LogP contribution in [-0.2, 0) is 14.8 Å². The molecule has 0 radical (unpaired) electrons. The Morgan fingerprint density at radius 3 is 2.42 bits per heavy atom. The van der Waals surface area contributed by atoms with Crippen LogP contribution in [0.5, 0.6) is 5.75 Å². The zero-order valence-corrected chi connectivity index (χ0v) is 20.6. The summed E-state index contributed by atoms with van der Waals surface area (Å²) in [6, 6.07) is 20.5. The average molecular weight is 530 g/mol. The Kier molecular flexibility index (Phi) is 8.24. The molecule has 9 heteroatoms. The van der Waals surface area contributed by atoms with Crippen LogP contribution in [0.1, 0.15) is 18.1 Å². The number of sulfonamides is 1. The molecule has 0 aromatic heterocycles. The van der Waals surface area contributed by atoms with E-state index in [1.807, 2.05) is 31.2 Å². The molecule has 0 aliphatic carbocycles. The summed E-state index contributed by atoms with van der Waals surface area (Å²) >= 11 is 3.41. The van der Waals surface area contributed by atoms with Gasteiger partial charge in [-0.3, -0.25) is 9.10 Å². The van der Waals surface area contributed by atoms with Crippen LogP contribution in [0.15, 0.2) is 87.3 Å². The molecular formula is C24H24BrN3O4S. The summed E-state index contributed by atoms with van der Waals surface area (Å²) < 4.78 is 34.5. The Balaban J connectivity index is 1.91. The van der Waals surface area contributed by atoms with E-state index >= 15 is 0 Å². The first-order valence-corrected chi connectivity index (χ1v) is 12.4. The monoisotopic (exact) mass is 529 g/mol. The van der Waals surface area contributed by atoms with E-state index in [1.165, 1.54) is 18.3 Å². The van der Waals surface area contributed by atoms with Crippen molar-refractivity contribution in [1.29, 1.82) is 0 Å². The van der Waals surface area contributed by atoms with E-state index in [1.54, 1.807) is 43.3 Å². The number of carbonyl (C=O) groups excluding carboxylic acids is 1. The first-order valence-electron chi connectivity index (χ1n) is 10.2. The number of para-hydroxylation sites is 2. The standard InChI is InChI=1S/C24H24BrN3O4S/c1-3-32-23-11-7-6-10-22(23)28(33(30,31)20-14-12-18(2)13-15-20)17-24(29)27-26-16-19-8-4-5-9-21(19)25/h4-16H,3,17H2,1-2H3,(H,27,29)/b26-16-. The van der Waals surface area contributed by atoms with Gasteiger partial charge in [0.15, 0.2) is 0 Å². The number of nitrogens with one attached hydrogen (secondary N) is 1. The zero-order chi connectivity index (χ0) is 23.8. The minimum atomic E-state index is -4.06. The maximum Gasteiger partial charge on any atom is 0.264 e. The second-order valence-electron chi connectivity index (χ2n) is 7.04. The molecular weight excluding hydrogens is 506 g/mol. The molecule has 0 heterocycles. The quantitative estimate of drug-likeness (QED) is 0.326. The van der Waals surface area contributed by atoms with E-state index in [9.17, 15) is 13.2 Å². The highest BCUT2D eigenvalue weighted by molar-refractivity contribution is 9.10. The normalized spacial score (nSPS) is 11.4. The van der Waals surface area contributed by atoms with Crippen molar-refractivity contribution in [2.75, 3.05) is 17.5 Å². The molecule has 0 aliphatic rings. The van der Waals surface area contributed by atoms with Crippen LogP contribution in [0.25, 0.3) is 0 Å². The van der Waals surface area contributed by atoms with Crippen molar-refractivity contribution in [3.05, 3.63) is 88.4 Å². The summed E-state index contributed by atoms with van der Waals surface area (Å²) in [5, 5.41) is 3.97. The molecule has 0 saturated heterocycles. The van der Waals surface area contributed by atoms with Crippen molar-refractivity contribution >= 4 is 43.8 Å². The molecule has 1 amide bonds. The lowest BCUT2D eigenvalue weighted by molar-refractivity contribution is -0.119. The van der Waals surface area contributed by atoms with Crippen LogP contribution in [0.4, 0.5) is 5.69 Å². The lowest BCUT2D eigenvalue weighted by atomic mass is 10.2. The topological polar surface area (TPSA) is 88.1 Å². The largest absolute Gasteiger partial charge is 0.492 e. The van der Waals surface area contributed by atoms with Crippen LogP contribution >= 0.6 is 15.9 Å². The summed E-state index contributed by atoms with van der Waals surface area (Å²) in [4.78, 5) is 12.8. The number of nitrogens with zero attached hydrogens (tertiary/aromatic N) is 2. The van der Waals surface area contributed by atoms with Gasteiger partial charge in [-0.15, -0.1) is 0 Å². The fourth-order valence-electron chi connectivity index (χ4n) is 3.00. The molecule has 0 fully saturated rings. The molecule has 3 aromatic carbocycles. The first-order chi connectivity index (χ1) is 15.8. The molecule has 0 spiro atoms. The Morgan fingerprint density at radius 1 is 1.06 bits per heavy atom. The number of benzene rings is 3. The molecule has 0 saturated carbocycles. The third kappa shape index (κ3) is 6.21. The van der Waals surface area contributed by atoms with E-state index in [0.717, 1.165) is 19.9 Å². The maximum atomic E-state index is 13.5. The third-order valence-electron chi connectivity index (χ3n) is 4.63. The van der Waals surface area contributed by atoms with Gasteiger partial charge in [-0.2, -0.15) is 5.10 Å². The highest BCUT2D eigenvalue weighted by Gasteiger charge is 2.29. The molecule has 0 atom stereocenters. The van der Waals surface area contributed by atoms with Gasteiger partial charge in [0.1, 0.15) is 12.3 Å². The highest BCUT2D eigenvalue weighted by Crippen LogP contribution is 2.32. The molecule has 172 valence electrons. The molecule has 0 unspecified atom stereocenters. The van der Waals surface area contributed by atoms with Gasteiger partial charge in [-0.05, 0) is 44.2 Å². The summed E-state index contributed by atoms with van der Waals surface area (Å²) in [5.41, 5.74) is 4.37. The molecule has 0 bridgehead atoms. The molecule has 7 nitrogen and oxygen atoms in total. The van der Waals surface area contributed by atoms with Crippen molar-refractivity contribution in [3.8, 4) is 5.75 Å². The zero-order valence-electron chi connectivity index (χ0n) is 18.2. The maximum absolute atomic E-state index is 13.5. The molecule has 1 N–H and O–H groups in total. The van der Waals surface area contributed by atoms with Crippen molar-refractivity contribution in [2.45, 2.75) is 18.7 Å². The van der Waals surface area contributed by atoms with Crippen molar-refractivity contribution in [3.63, 3.8) is 0 Å². The smallest absolute Gasteiger partial charge is 0.264 e. The van der Waals surface area contributed by atoms with E-state index in [4.69, 9.17) is 4.74 Å². The Labute approximate surface area is 202 Å². The predicted octanol–water partition coefficient (Wildman–Crippen LogP) is 4.50. The van der Waals surface area contributed by atoms with Crippen LogP contribution in [0, 0.1) is 6.92 Å². The SMILES string of the molecule is CCOc1ccccc1N(CC(=O)N/N=C\c1ccccc1Br)S(=O)(=O)c1ccc(C)cc1. The fourth-order valence-corrected chi connectivity index (χ4v) is 4.82. The van der Waals surface area contributed by atoms with Gasteiger partial charge >= 0.3 is 0 Å². The lowest BCUT2D eigenvalue weighted by Crippen LogP contribution is -2.39. The summed E-state index contributed by atoms with van der Waals surface area (Å²) in [7, 11) is -4.06. The van der Waals surface area contributed by atoms with Crippen LogP contribution in [0.2, 0.25) is 0 Å². The van der Waals surface area contributed by atoms with Crippen molar-refractivity contribution in [1.82, 2.24) is 5.43 Å². The number of hydrogen-bond donors (Lipinski definition) is 1. The fraction of sp³-hybridized carbons (Fsp3) is 0.167. The Bertz CT molecular complexity index is 1240. The van der Waals surface area contributed by atoms with Crippen LogP contribution in [0.3, 0.4) is 0 Å². The van der Waals surface area contributed by atoms with Crippen molar-refractivity contribution in [2.24, 2.45) is 5.10 Å². The number of anilines is 1. The Hall–Kier alpha value is -3.17. The highest BCUT2D eigenvalue weighted by atomic mass is 79.9. The number of carbonyl (C=O) groups is 1. The van der Waals surface area contributed by atoms with Gasteiger partial charge in [-0.1, -0.05) is 64.0 Å². The first kappa shape index (κ1) is 24.5. The van der Waals surface area contributed by atoms with Gasteiger partial charge in [0.05, 0.1) is 23.4 Å². The number of hydrazone groups is 1. The van der Waals surface area contributed by atoms with E-state index in [0.29, 0.717) is 12.4 Å². The number of aryl methyl sites for hydroxylation is 1. The molecule has 33 heavy (non-hydrogen) atoms. The third-order valence-corrected chi connectivity index (χ3v) is 7.12. The van der Waals surface area contributed by atoms with Crippen LogP contribution in [-0.4, -0.2) is 33.7 Å². The summed E-state index contributed by atoms with van der Waals surface area (Å²) in [5.74, 6) is -0.236. The molecule has 3 aromatic rings. The van der Waals surface area contributed by atoms with Gasteiger partial charge in [-0.25, -0.2) is 13.8 Å². The van der Waals surface area contributed by atoms with E-state index < -0.39 is 22.5 Å². The second-order valence-corrected chi connectivity index (χ2v) is 9.76. The minimum absolute atomic E-state index is 0.0731. The minimum Gasteiger partial charge on any atom is -0.492 e. The average Bonchev–Trinajstić information content (AvgIpc) is 2.80. The van der Waals surface area contributed by atoms with Gasteiger partial charge < -0.3 is 4.74 Å². The van der Waals surface area contributed by atoms with Crippen molar-refractivity contribution < 1.29 is 17.9 Å². The van der Waals surface area contributed by atoms with Gasteiger partial charge in [0.25, 0.3) is 15.9 Å². The number of rotatable bonds is 9. The number of amides is 1. The van der Waals surface area contributed by atoms with E-state index in [2.05, 4.69) is 26.5 Å². The number of ether oxygens (including phenoxy) is 1. The summed E-state index contributed by atoms with van der Waals surface area (Å²) in [6.45, 7) is 3.54. The predicted molar refractivity (Wildman–Crippen MR) is 133 cm³/mol.